The summed E-state index contributed by atoms with van der Waals surface area (Å²) in [4.78, 5) is 0. The Morgan fingerprint density at radius 3 is 2.88 bits per heavy atom. The summed E-state index contributed by atoms with van der Waals surface area (Å²) in [7, 11) is 0. The zero-order chi connectivity index (χ0) is 16.2. The quantitative estimate of drug-likeness (QED) is 0.750. The van der Waals surface area contributed by atoms with Crippen LogP contribution in [0, 0.1) is 0 Å². The van der Waals surface area contributed by atoms with Crippen LogP contribution >= 0.6 is 0 Å². The monoisotopic (exact) mass is 324 g/mol. The topological polar surface area (TPSA) is 56.5 Å². The van der Waals surface area contributed by atoms with Crippen LogP contribution in [0.3, 0.4) is 0 Å². The Bertz CT molecular complexity index is 809. The van der Waals surface area contributed by atoms with Crippen LogP contribution in [-0.2, 0) is 18.0 Å². The van der Waals surface area contributed by atoms with Gasteiger partial charge >= 0.3 is 0 Å². The van der Waals surface area contributed by atoms with Gasteiger partial charge in [0.2, 0.25) is 0 Å². The van der Waals surface area contributed by atoms with Crippen molar-refractivity contribution in [3.05, 3.63) is 60.0 Å². The molecule has 0 saturated carbocycles. The lowest BCUT2D eigenvalue weighted by atomic mass is 10.1. The van der Waals surface area contributed by atoms with Crippen LogP contribution in [-0.4, -0.2) is 17.9 Å². The number of hydrogen-bond donors (Lipinski definition) is 1. The van der Waals surface area contributed by atoms with Crippen LogP contribution in [0.25, 0.3) is 10.8 Å². The van der Waals surface area contributed by atoms with Gasteiger partial charge in [-0.15, -0.1) is 0 Å². The summed E-state index contributed by atoms with van der Waals surface area (Å²) in [6.07, 6.45) is 2.35. The van der Waals surface area contributed by atoms with E-state index >= 15 is 0 Å². The Morgan fingerprint density at radius 1 is 1.08 bits per heavy atom. The summed E-state index contributed by atoms with van der Waals surface area (Å²) in [5.41, 5.74) is 0.792. The maximum atomic E-state index is 5.80. The molecule has 0 radical (unpaired) electrons. The van der Waals surface area contributed by atoms with Gasteiger partial charge in [-0.2, -0.15) is 0 Å². The maximum Gasteiger partial charge on any atom is 0.174 e. The summed E-state index contributed by atoms with van der Waals surface area (Å²) in [6, 6.07) is 16.1. The fraction of sp³-hybridized carbons (Fsp3) is 0.316. The van der Waals surface area contributed by atoms with Gasteiger partial charge < -0.3 is 14.0 Å². The van der Waals surface area contributed by atoms with Crippen LogP contribution in [0.5, 0.6) is 5.75 Å². The van der Waals surface area contributed by atoms with E-state index in [9.17, 15) is 0 Å². The Morgan fingerprint density at radius 2 is 2.00 bits per heavy atom. The van der Waals surface area contributed by atoms with Crippen molar-refractivity contribution in [3.8, 4) is 5.75 Å². The highest BCUT2D eigenvalue weighted by Gasteiger charge is 2.15. The fourth-order valence-corrected chi connectivity index (χ4v) is 2.88. The number of nitrogens with zero attached hydrogens (tertiary/aromatic N) is 1. The molecule has 1 N–H and O–H groups in total. The van der Waals surface area contributed by atoms with Crippen molar-refractivity contribution in [3.63, 3.8) is 0 Å². The van der Waals surface area contributed by atoms with Crippen molar-refractivity contribution in [2.24, 2.45) is 0 Å². The second kappa shape index (κ2) is 7.03. The van der Waals surface area contributed by atoms with Gasteiger partial charge in [-0.3, -0.25) is 5.32 Å². The molecule has 0 aliphatic carbocycles. The lowest BCUT2D eigenvalue weighted by molar-refractivity contribution is 0.0280. The van der Waals surface area contributed by atoms with Crippen LogP contribution < -0.4 is 10.1 Å². The minimum atomic E-state index is 0.138. The Hall–Kier alpha value is -2.37. The number of hydrogen-bond acceptors (Lipinski definition) is 5. The largest absolute Gasteiger partial charge is 0.486 e. The van der Waals surface area contributed by atoms with Crippen molar-refractivity contribution in [2.75, 3.05) is 6.54 Å². The van der Waals surface area contributed by atoms with E-state index in [2.05, 4.69) is 28.7 Å². The molecule has 1 fully saturated rings. The second-order valence-electron chi connectivity index (χ2n) is 5.98. The van der Waals surface area contributed by atoms with Gasteiger partial charge in [0.15, 0.2) is 5.76 Å². The Kier molecular flexibility index (Phi) is 4.44. The molecular weight excluding hydrogens is 304 g/mol. The minimum Gasteiger partial charge on any atom is -0.486 e. The Labute approximate surface area is 140 Å². The van der Waals surface area contributed by atoms with Gasteiger partial charge in [-0.1, -0.05) is 35.5 Å². The number of fused-ring (bicyclic) bond motifs is 1. The van der Waals surface area contributed by atoms with E-state index in [1.807, 2.05) is 30.3 Å². The van der Waals surface area contributed by atoms with Gasteiger partial charge in [0.05, 0.1) is 6.61 Å². The first kappa shape index (κ1) is 15.2. The van der Waals surface area contributed by atoms with Gasteiger partial charge in [0, 0.05) is 6.07 Å². The maximum absolute atomic E-state index is 5.80. The van der Waals surface area contributed by atoms with Gasteiger partial charge in [-0.05, 0) is 42.3 Å². The van der Waals surface area contributed by atoms with Crippen molar-refractivity contribution < 1.29 is 14.0 Å². The van der Waals surface area contributed by atoms with Gasteiger partial charge in [0.1, 0.15) is 24.3 Å². The van der Waals surface area contributed by atoms with Crippen LogP contribution in [0.2, 0.25) is 0 Å². The van der Waals surface area contributed by atoms with Crippen molar-refractivity contribution >= 4 is 10.8 Å². The zero-order valence-electron chi connectivity index (χ0n) is 13.4. The molecule has 0 amide bonds. The van der Waals surface area contributed by atoms with E-state index < -0.39 is 0 Å². The van der Waals surface area contributed by atoms with E-state index in [1.54, 1.807) is 0 Å². The predicted molar refractivity (Wildman–Crippen MR) is 90.6 cm³/mol. The smallest absolute Gasteiger partial charge is 0.174 e. The number of rotatable bonds is 6. The highest BCUT2D eigenvalue weighted by atomic mass is 16.5. The molecule has 0 spiro atoms. The second-order valence-corrected chi connectivity index (χ2v) is 5.98. The normalized spacial score (nSPS) is 17.4. The number of ether oxygens (including phenoxy) is 2. The van der Waals surface area contributed by atoms with Crippen LogP contribution in [0.15, 0.2) is 53.1 Å². The molecule has 1 aromatic heterocycles. The lowest BCUT2D eigenvalue weighted by Crippen LogP contribution is -2.24. The first-order valence-corrected chi connectivity index (χ1v) is 8.28. The molecule has 2 aromatic carbocycles. The third-order valence-electron chi connectivity index (χ3n) is 4.16. The summed E-state index contributed by atoms with van der Waals surface area (Å²) in [5, 5.41) is 9.68. The molecule has 1 atom stereocenters. The SMILES string of the molecule is c1ccc2cc(OCc3cc(CO[C@H]4CCCN4)no3)ccc2c1. The van der Waals surface area contributed by atoms with E-state index in [0.29, 0.717) is 19.0 Å². The molecule has 24 heavy (non-hydrogen) atoms. The molecule has 2 heterocycles. The molecule has 3 aromatic rings. The Balaban J connectivity index is 1.33. The zero-order valence-corrected chi connectivity index (χ0v) is 13.4. The molecule has 5 heteroatoms. The average molecular weight is 324 g/mol. The molecule has 1 aliphatic rings. The van der Waals surface area contributed by atoms with Gasteiger partial charge in [0.25, 0.3) is 0 Å². The number of aromatic nitrogens is 1. The van der Waals surface area contributed by atoms with E-state index in [4.69, 9.17) is 14.0 Å². The van der Waals surface area contributed by atoms with Crippen molar-refractivity contribution in [1.82, 2.24) is 10.5 Å². The van der Waals surface area contributed by atoms with Crippen molar-refractivity contribution in [2.45, 2.75) is 32.3 Å². The van der Waals surface area contributed by atoms with E-state index in [-0.39, 0.29) is 6.23 Å². The van der Waals surface area contributed by atoms with Crippen LogP contribution in [0.1, 0.15) is 24.3 Å². The highest BCUT2D eigenvalue weighted by molar-refractivity contribution is 5.83. The number of nitrogens with one attached hydrogen (secondary N) is 1. The standard InChI is InChI=1S/C19H20N2O3/c1-2-5-15-10-17(8-7-14(15)4-1)22-13-18-11-16(21-24-18)12-23-19-6-3-9-20-19/h1-2,4-5,7-8,10-11,19-20H,3,6,9,12-13H2/t19-/m0/s1. The minimum absolute atomic E-state index is 0.138. The van der Waals surface area contributed by atoms with E-state index in [0.717, 1.165) is 36.2 Å². The molecule has 4 rings (SSSR count). The molecule has 5 nitrogen and oxygen atoms in total. The highest BCUT2D eigenvalue weighted by Crippen LogP contribution is 2.21. The summed E-state index contributed by atoms with van der Waals surface area (Å²) >= 11 is 0. The summed E-state index contributed by atoms with van der Waals surface area (Å²) < 4.78 is 16.9. The first-order chi connectivity index (χ1) is 11.9. The van der Waals surface area contributed by atoms with Crippen molar-refractivity contribution in [1.29, 1.82) is 0 Å². The summed E-state index contributed by atoms with van der Waals surface area (Å²) in [5.74, 6) is 1.51. The molecular formula is C19H20N2O3. The molecule has 0 bridgehead atoms. The first-order valence-electron chi connectivity index (χ1n) is 8.28. The van der Waals surface area contributed by atoms with E-state index in [1.165, 1.54) is 5.39 Å². The van der Waals surface area contributed by atoms with Crippen LogP contribution in [0.4, 0.5) is 0 Å². The average Bonchev–Trinajstić information content (AvgIpc) is 3.29. The third-order valence-corrected chi connectivity index (χ3v) is 4.16. The summed E-state index contributed by atoms with van der Waals surface area (Å²) in [6.45, 7) is 1.83. The molecule has 1 saturated heterocycles. The molecule has 124 valence electrons. The lowest BCUT2D eigenvalue weighted by Gasteiger charge is -2.09. The number of benzene rings is 2. The van der Waals surface area contributed by atoms with Gasteiger partial charge in [-0.25, -0.2) is 0 Å². The third kappa shape index (κ3) is 3.58. The predicted octanol–water partition coefficient (Wildman–Crippen LogP) is 3.63. The molecule has 0 unspecified atom stereocenters. The fourth-order valence-electron chi connectivity index (χ4n) is 2.88. The molecule has 1 aliphatic heterocycles.